The molecule has 0 saturated carbocycles. The number of hydrogen-bond donors (Lipinski definition) is 2. The van der Waals surface area contributed by atoms with Gasteiger partial charge in [0.25, 0.3) is 5.91 Å². The molecule has 7 heteroatoms. The maximum atomic E-state index is 11.9. The molecule has 0 aliphatic rings. The first-order valence-electron chi connectivity index (χ1n) is 6.24. The molecule has 0 aromatic heterocycles. The summed E-state index contributed by atoms with van der Waals surface area (Å²) in [7, 11) is 0. The fraction of sp³-hybridized carbons (Fsp3) is 0.0667. The summed E-state index contributed by atoms with van der Waals surface area (Å²) >= 11 is 11.7. The molecule has 22 heavy (non-hydrogen) atoms. The largest absolute Gasteiger partial charge is 0.483 e. The maximum absolute atomic E-state index is 11.9. The number of oxime groups is 1. The maximum Gasteiger partial charge on any atom is 0.262 e. The van der Waals surface area contributed by atoms with Crippen LogP contribution in [0.2, 0.25) is 10.0 Å². The molecule has 0 spiro atoms. The summed E-state index contributed by atoms with van der Waals surface area (Å²) in [5.74, 6) is 0.0821. The molecule has 0 radical (unpaired) electrons. The fourth-order valence-electron chi connectivity index (χ4n) is 1.70. The average molecular weight is 339 g/mol. The van der Waals surface area contributed by atoms with Crippen LogP contribution in [-0.4, -0.2) is 23.9 Å². The summed E-state index contributed by atoms with van der Waals surface area (Å²) in [6.45, 7) is -0.198. The van der Waals surface area contributed by atoms with Gasteiger partial charge in [-0.15, -0.1) is 0 Å². The fourth-order valence-corrected chi connectivity index (χ4v) is 1.99. The van der Waals surface area contributed by atoms with E-state index in [4.69, 9.17) is 33.1 Å². The van der Waals surface area contributed by atoms with E-state index in [2.05, 4.69) is 10.5 Å². The predicted molar refractivity (Wildman–Crippen MR) is 86.4 cm³/mol. The Labute approximate surface area is 137 Å². The van der Waals surface area contributed by atoms with Gasteiger partial charge in [-0.05, 0) is 30.3 Å². The van der Waals surface area contributed by atoms with Crippen LogP contribution in [0.3, 0.4) is 0 Å². The molecular weight excluding hydrogens is 327 g/mol. The Kier molecular flexibility index (Phi) is 5.63. The number of ether oxygens (including phenoxy) is 1. The van der Waals surface area contributed by atoms with E-state index in [1.165, 1.54) is 6.21 Å². The van der Waals surface area contributed by atoms with Gasteiger partial charge in [0.05, 0.1) is 16.3 Å². The molecule has 0 bridgehead atoms. The molecule has 0 saturated heterocycles. The molecule has 0 aliphatic carbocycles. The minimum absolute atomic E-state index is 0.198. The topological polar surface area (TPSA) is 70.9 Å². The second kappa shape index (κ2) is 7.68. The van der Waals surface area contributed by atoms with Gasteiger partial charge in [0.1, 0.15) is 5.75 Å². The molecule has 0 atom stereocenters. The SMILES string of the molecule is O=C(COc1ccccc1/C=N/O)Nc1ccc(Cl)c(Cl)c1. The van der Waals surface area contributed by atoms with E-state index in [1.54, 1.807) is 42.5 Å². The third-order valence-corrected chi connectivity index (χ3v) is 3.42. The monoisotopic (exact) mass is 338 g/mol. The van der Waals surface area contributed by atoms with Crippen molar-refractivity contribution in [3.05, 3.63) is 58.1 Å². The van der Waals surface area contributed by atoms with Crippen LogP contribution in [-0.2, 0) is 4.79 Å². The van der Waals surface area contributed by atoms with Crippen LogP contribution in [0, 0.1) is 0 Å². The molecule has 0 unspecified atom stereocenters. The van der Waals surface area contributed by atoms with E-state index >= 15 is 0 Å². The van der Waals surface area contributed by atoms with Gasteiger partial charge in [-0.2, -0.15) is 0 Å². The Morgan fingerprint density at radius 2 is 2.00 bits per heavy atom. The van der Waals surface area contributed by atoms with E-state index in [0.717, 1.165) is 0 Å². The number of rotatable bonds is 5. The zero-order valence-electron chi connectivity index (χ0n) is 11.3. The van der Waals surface area contributed by atoms with Crippen molar-refractivity contribution in [2.75, 3.05) is 11.9 Å². The number of carbonyl (C=O) groups is 1. The molecule has 2 N–H and O–H groups in total. The van der Waals surface area contributed by atoms with Crippen LogP contribution in [0.5, 0.6) is 5.75 Å². The summed E-state index contributed by atoms with van der Waals surface area (Å²) in [4.78, 5) is 11.9. The molecule has 2 aromatic rings. The lowest BCUT2D eigenvalue weighted by Gasteiger charge is -2.09. The van der Waals surface area contributed by atoms with Gasteiger partial charge >= 0.3 is 0 Å². The Morgan fingerprint density at radius 1 is 1.23 bits per heavy atom. The van der Waals surface area contributed by atoms with Gasteiger partial charge in [-0.3, -0.25) is 4.79 Å². The van der Waals surface area contributed by atoms with Gasteiger partial charge in [-0.1, -0.05) is 40.5 Å². The van der Waals surface area contributed by atoms with Gasteiger partial charge in [0.15, 0.2) is 6.61 Å². The van der Waals surface area contributed by atoms with E-state index in [1.807, 2.05) is 0 Å². The number of carbonyl (C=O) groups excluding carboxylic acids is 1. The number of anilines is 1. The third kappa shape index (κ3) is 4.38. The standard InChI is InChI=1S/C15H12Cl2N2O3/c16-12-6-5-11(7-13(12)17)19-15(20)9-22-14-4-2-1-3-10(14)8-18-21/h1-8,21H,9H2,(H,19,20)/b18-8+. The van der Waals surface area contributed by atoms with Crippen LogP contribution in [0.4, 0.5) is 5.69 Å². The highest BCUT2D eigenvalue weighted by molar-refractivity contribution is 6.42. The van der Waals surface area contributed by atoms with Crippen molar-refractivity contribution >= 4 is 41.0 Å². The second-order valence-corrected chi connectivity index (χ2v) is 5.06. The van der Waals surface area contributed by atoms with Crippen molar-refractivity contribution < 1.29 is 14.7 Å². The molecule has 0 aliphatic heterocycles. The molecule has 1 amide bonds. The van der Waals surface area contributed by atoms with Gasteiger partial charge < -0.3 is 15.3 Å². The highest BCUT2D eigenvalue weighted by Crippen LogP contribution is 2.25. The molecule has 2 aromatic carbocycles. The Morgan fingerprint density at radius 3 is 2.73 bits per heavy atom. The summed E-state index contributed by atoms with van der Waals surface area (Å²) < 4.78 is 5.40. The highest BCUT2D eigenvalue weighted by atomic mass is 35.5. The van der Waals surface area contributed by atoms with Gasteiger partial charge in [0, 0.05) is 11.3 Å². The van der Waals surface area contributed by atoms with Gasteiger partial charge in [-0.25, -0.2) is 0 Å². The van der Waals surface area contributed by atoms with E-state index in [9.17, 15) is 4.79 Å². The van der Waals surface area contributed by atoms with Crippen molar-refractivity contribution in [1.29, 1.82) is 0 Å². The van der Waals surface area contributed by atoms with Crippen molar-refractivity contribution in [1.82, 2.24) is 0 Å². The lowest BCUT2D eigenvalue weighted by molar-refractivity contribution is -0.118. The first kappa shape index (κ1) is 16.1. The summed E-state index contributed by atoms with van der Waals surface area (Å²) in [6.07, 6.45) is 1.23. The highest BCUT2D eigenvalue weighted by Gasteiger charge is 2.07. The molecule has 5 nitrogen and oxygen atoms in total. The lowest BCUT2D eigenvalue weighted by Crippen LogP contribution is -2.20. The van der Waals surface area contributed by atoms with Crippen LogP contribution in [0.25, 0.3) is 0 Å². The third-order valence-electron chi connectivity index (χ3n) is 2.68. The number of hydrogen-bond acceptors (Lipinski definition) is 4. The number of amides is 1. The number of benzene rings is 2. The normalized spacial score (nSPS) is 10.6. The molecule has 0 fully saturated rings. The van der Waals surface area contributed by atoms with E-state index < -0.39 is 0 Å². The Balaban J connectivity index is 1.97. The molecular formula is C15H12Cl2N2O3. The molecule has 0 heterocycles. The minimum atomic E-state index is -0.353. The number of nitrogens with zero attached hydrogens (tertiary/aromatic N) is 1. The van der Waals surface area contributed by atoms with Crippen LogP contribution < -0.4 is 10.1 Å². The average Bonchev–Trinajstić information content (AvgIpc) is 2.50. The first-order chi connectivity index (χ1) is 10.6. The molecule has 2 rings (SSSR count). The van der Waals surface area contributed by atoms with Crippen LogP contribution in [0.15, 0.2) is 47.6 Å². The Bertz CT molecular complexity index is 705. The minimum Gasteiger partial charge on any atom is -0.483 e. The summed E-state index contributed by atoms with van der Waals surface area (Å²) in [6, 6.07) is 11.7. The Hall–Kier alpha value is -2.24. The van der Waals surface area contributed by atoms with Crippen molar-refractivity contribution in [3.8, 4) is 5.75 Å². The molecule has 114 valence electrons. The van der Waals surface area contributed by atoms with Crippen LogP contribution in [0.1, 0.15) is 5.56 Å². The number of nitrogens with one attached hydrogen (secondary N) is 1. The smallest absolute Gasteiger partial charge is 0.262 e. The van der Waals surface area contributed by atoms with Crippen molar-refractivity contribution in [2.45, 2.75) is 0 Å². The number of para-hydroxylation sites is 1. The first-order valence-corrected chi connectivity index (χ1v) is 7.00. The number of halogens is 2. The van der Waals surface area contributed by atoms with Crippen molar-refractivity contribution in [3.63, 3.8) is 0 Å². The van der Waals surface area contributed by atoms with Crippen LogP contribution >= 0.6 is 23.2 Å². The van der Waals surface area contributed by atoms with Gasteiger partial charge in [0.2, 0.25) is 0 Å². The zero-order valence-corrected chi connectivity index (χ0v) is 12.8. The van der Waals surface area contributed by atoms with E-state index in [0.29, 0.717) is 27.0 Å². The summed E-state index contributed by atoms with van der Waals surface area (Å²) in [5, 5.41) is 14.9. The van der Waals surface area contributed by atoms with E-state index in [-0.39, 0.29) is 12.5 Å². The van der Waals surface area contributed by atoms with Crippen molar-refractivity contribution in [2.24, 2.45) is 5.16 Å². The quantitative estimate of drug-likeness (QED) is 0.494. The second-order valence-electron chi connectivity index (χ2n) is 4.25. The lowest BCUT2D eigenvalue weighted by atomic mass is 10.2. The summed E-state index contributed by atoms with van der Waals surface area (Å²) in [5.41, 5.74) is 1.08. The zero-order chi connectivity index (χ0) is 15.9. The predicted octanol–water partition coefficient (Wildman–Crippen LogP) is 3.82.